The molecule has 2 aliphatic rings. The first-order chi connectivity index (χ1) is 19.1. The van der Waals surface area contributed by atoms with Gasteiger partial charge in [-0.1, -0.05) is 54.6 Å². The number of quaternary nitrogens is 1. The van der Waals surface area contributed by atoms with Gasteiger partial charge in [-0.25, -0.2) is 0 Å². The van der Waals surface area contributed by atoms with Crippen molar-refractivity contribution in [3.63, 3.8) is 0 Å². The Kier molecular flexibility index (Phi) is 8.00. The number of nitrogens with one attached hydrogen (secondary N) is 1. The van der Waals surface area contributed by atoms with E-state index in [0.29, 0.717) is 18.8 Å². The lowest BCUT2D eigenvalue weighted by molar-refractivity contribution is -0.906. The molecule has 198 valence electrons. The van der Waals surface area contributed by atoms with Crippen molar-refractivity contribution < 1.29 is 19.1 Å². The molecule has 6 nitrogen and oxygen atoms in total. The summed E-state index contributed by atoms with van der Waals surface area (Å²) in [6, 6.07) is 28.9. The number of nitrogens with two attached hydrogens (primary N) is 1. The standard InChI is InChI=1S/C33H33N3O3/c1-3-37-27-14-10-23(11-15-27)18-26-21-36(20-24-8-6-5-7-9-24)22-30-31(29(19-34)33(35)39-32(26)30)25-12-16-28(17-13-25)38-4-2/h5-18,31H,3-4,20-22,35H2,1-2H3/p+1/b26-18+/t31-/m0/s1. The summed E-state index contributed by atoms with van der Waals surface area (Å²) in [6.45, 7) is 7.53. The summed E-state index contributed by atoms with van der Waals surface area (Å²) in [5.41, 5.74) is 12.3. The Labute approximate surface area is 230 Å². The lowest BCUT2D eigenvalue weighted by Crippen LogP contribution is -3.12. The van der Waals surface area contributed by atoms with Crippen molar-refractivity contribution in [1.29, 1.82) is 5.26 Å². The second-order valence-electron chi connectivity index (χ2n) is 9.72. The van der Waals surface area contributed by atoms with Crippen LogP contribution in [0.3, 0.4) is 0 Å². The molecule has 0 amide bonds. The molecule has 0 bridgehead atoms. The van der Waals surface area contributed by atoms with Gasteiger partial charge in [-0.3, -0.25) is 0 Å². The molecule has 3 aromatic carbocycles. The Bertz CT molecular complexity index is 1430. The van der Waals surface area contributed by atoms with Gasteiger partial charge in [0.05, 0.1) is 19.1 Å². The molecule has 0 aliphatic carbocycles. The second-order valence-corrected chi connectivity index (χ2v) is 9.72. The maximum atomic E-state index is 10.1. The highest BCUT2D eigenvalue weighted by Gasteiger charge is 2.39. The summed E-state index contributed by atoms with van der Waals surface area (Å²) in [5, 5.41) is 10.1. The predicted molar refractivity (Wildman–Crippen MR) is 152 cm³/mol. The van der Waals surface area contributed by atoms with Crippen LogP contribution >= 0.6 is 0 Å². The first-order valence-electron chi connectivity index (χ1n) is 13.4. The van der Waals surface area contributed by atoms with Crippen LogP contribution in [-0.2, 0) is 11.3 Å². The van der Waals surface area contributed by atoms with Gasteiger partial charge in [0, 0.05) is 16.7 Å². The van der Waals surface area contributed by atoms with Crippen molar-refractivity contribution in [3.05, 3.63) is 124 Å². The number of nitriles is 1. The predicted octanol–water partition coefficient (Wildman–Crippen LogP) is 4.73. The lowest BCUT2D eigenvalue weighted by Gasteiger charge is -2.36. The fourth-order valence-corrected chi connectivity index (χ4v) is 5.38. The molecule has 1 unspecified atom stereocenters. The molecular weight excluding hydrogens is 486 g/mol. The van der Waals surface area contributed by atoms with Gasteiger partial charge >= 0.3 is 0 Å². The van der Waals surface area contributed by atoms with E-state index < -0.39 is 0 Å². The highest BCUT2D eigenvalue weighted by atomic mass is 16.5. The number of ether oxygens (including phenoxy) is 3. The van der Waals surface area contributed by atoms with Crippen LogP contribution in [0.4, 0.5) is 0 Å². The van der Waals surface area contributed by atoms with Gasteiger partial charge in [-0.2, -0.15) is 5.26 Å². The number of hydrogen-bond donors (Lipinski definition) is 2. The Morgan fingerprint density at radius 3 is 2.18 bits per heavy atom. The Balaban J connectivity index is 1.58. The number of allylic oxidation sites excluding steroid dienone is 1. The van der Waals surface area contributed by atoms with E-state index >= 15 is 0 Å². The molecule has 2 heterocycles. The average molecular weight is 521 g/mol. The fraction of sp³-hybridized carbons (Fsp3) is 0.242. The maximum absolute atomic E-state index is 10.1. The average Bonchev–Trinajstić information content (AvgIpc) is 2.95. The number of benzene rings is 3. The van der Waals surface area contributed by atoms with Gasteiger partial charge in [-0.05, 0) is 55.3 Å². The largest absolute Gasteiger partial charge is 0.494 e. The van der Waals surface area contributed by atoms with Crippen LogP contribution in [0.15, 0.2) is 107 Å². The van der Waals surface area contributed by atoms with E-state index in [1.165, 1.54) is 10.5 Å². The van der Waals surface area contributed by atoms with Gasteiger partial charge < -0.3 is 24.8 Å². The Morgan fingerprint density at radius 2 is 1.56 bits per heavy atom. The topological polar surface area (TPSA) is 81.9 Å². The SMILES string of the molecule is CCOc1ccc(/C=C2\C[NH+](Cc3ccccc3)CC3=C2OC(N)=C(C#N)[C@@H]3c2ccc(OCC)cc2)cc1. The molecule has 0 fully saturated rings. The quantitative estimate of drug-likeness (QED) is 0.449. The van der Waals surface area contributed by atoms with Crippen molar-refractivity contribution in [1.82, 2.24) is 0 Å². The number of nitrogens with zero attached hydrogens (tertiary/aromatic N) is 1. The lowest BCUT2D eigenvalue weighted by atomic mass is 9.80. The van der Waals surface area contributed by atoms with Crippen LogP contribution in [0.2, 0.25) is 0 Å². The molecule has 3 N–H and O–H groups in total. The van der Waals surface area contributed by atoms with E-state index in [-0.39, 0.29) is 11.8 Å². The smallest absolute Gasteiger partial charge is 0.205 e. The summed E-state index contributed by atoms with van der Waals surface area (Å²) >= 11 is 0. The molecular formula is C33H34N3O3+. The Hall–Kier alpha value is -4.47. The van der Waals surface area contributed by atoms with Crippen LogP contribution in [0.1, 0.15) is 36.5 Å². The zero-order chi connectivity index (χ0) is 27.2. The van der Waals surface area contributed by atoms with E-state index in [1.807, 2.05) is 56.3 Å². The third kappa shape index (κ3) is 5.84. The minimum Gasteiger partial charge on any atom is -0.494 e. The van der Waals surface area contributed by atoms with Crippen molar-refractivity contribution in [2.24, 2.45) is 5.73 Å². The first-order valence-corrected chi connectivity index (χ1v) is 13.4. The first kappa shape index (κ1) is 26.1. The van der Waals surface area contributed by atoms with Crippen molar-refractivity contribution >= 4 is 6.08 Å². The molecule has 6 heteroatoms. The van der Waals surface area contributed by atoms with Gasteiger partial charge in [-0.15, -0.1) is 0 Å². The highest BCUT2D eigenvalue weighted by Crippen LogP contribution is 2.42. The van der Waals surface area contributed by atoms with Gasteiger partial charge in [0.25, 0.3) is 0 Å². The molecule has 0 spiro atoms. The van der Waals surface area contributed by atoms with Crippen molar-refractivity contribution in [3.8, 4) is 17.6 Å². The van der Waals surface area contributed by atoms with Crippen LogP contribution in [0.25, 0.3) is 6.08 Å². The summed E-state index contributed by atoms with van der Waals surface area (Å²) in [6.07, 6.45) is 2.16. The van der Waals surface area contributed by atoms with E-state index in [2.05, 4.69) is 48.5 Å². The minimum atomic E-state index is -0.288. The number of rotatable bonds is 8. The molecule has 0 saturated carbocycles. The summed E-state index contributed by atoms with van der Waals surface area (Å²) < 4.78 is 17.5. The molecule has 3 aromatic rings. The fourth-order valence-electron chi connectivity index (χ4n) is 5.38. The zero-order valence-corrected chi connectivity index (χ0v) is 22.4. The van der Waals surface area contributed by atoms with Crippen molar-refractivity contribution in [2.75, 3.05) is 26.3 Å². The highest BCUT2D eigenvalue weighted by molar-refractivity contribution is 5.62. The van der Waals surface area contributed by atoms with Crippen LogP contribution < -0.4 is 20.1 Å². The van der Waals surface area contributed by atoms with Gasteiger partial charge in [0.1, 0.15) is 48.5 Å². The maximum Gasteiger partial charge on any atom is 0.205 e. The summed E-state index contributed by atoms with van der Waals surface area (Å²) in [4.78, 5) is 1.37. The van der Waals surface area contributed by atoms with E-state index in [9.17, 15) is 5.26 Å². The molecule has 2 aliphatic heterocycles. The second kappa shape index (κ2) is 11.9. The summed E-state index contributed by atoms with van der Waals surface area (Å²) in [7, 11) is 0. The number of hydrogen-bond acceptors (Lipinski definition) is 5. The van der Waals surface area contributed by atoms with E-state index in [0.717, 1.165) is 59.2 Å². The summed E-state index contributed by atoms with van der Waals surface area (Å²) in [5.74, 6) is 2.29. The van der Waals surface area contributed by atoms with Gasteiger partial charge in [0.2, 0.25) is 5.88 Å². The molecule has 2 atom stereocenters. The normalized spacial score (nSPS) is 19.8. The third-order valence-corrected chi connectivity index (χ3v) is 7.05. The van der Waals surface area contributed by atoms with Crippen LogP contribution in [-0.4, -0.2) is 26.3 Å². The molecule has 39 heavy (non-hydrogen) atoms. The monoisotopic (exact) mass is 520 g/mol. The van der Waals surface area contributed by atoms with E-state index in [4.69, 9.17) is 19.9 Å². The van der Waals surface area contributed by atoms with Crippen LogP contribution in [0, 0.1) is 11.3 Å². The molecule has 5 rings (SSSR count). The molecule has 0 aromatic heterocycles. The molecule has 0 radical (unpaired) electrons. The Morgan fingerprint density at radius 1 is 0.923 bits per heavy atom. The zero-order valence-electron chi connectivity index (χ0n) is 22.4. The van der Waals surface area contributed by atoms with E-state index in [1.54, 1.807) is 0 Å². The van der Waals surface area contributed by atoms with Crippen LogP contribution in [0.5, 0.6) is 11.5 Å². The minimum absolute atomic E-state index is 0.166. The molecule has 0 saturated heterocycles. The third-order valence-electron chi connectivity index (χ3n) is 7.05. The van der Waals surface area contributed by atoms with Gasteiger partial charge in [0.15, 0.2) is 0 Å². The van der Waals surface area contributed by atoms with Crippen molar-refractivity contribution in [2.45, 2.75) is 26.3 Å².